The standard InChI is InChI=1S/C19H19NO3/c1-2-12-11-17(12)20-18(21)15-9-5-3-7-13(15)14-8-4-6-10-16(14)19(22)23/h3-10,12,17H,2,11H2,1H3,(H,20,21)(H,22,23)/t12-,17-/m1/s1. The minimum absolute atomic E-state index is 0.137. The van der Waals surface area contributed by atoms with Gasteiger partial charge in [-0.25, -0.2) is 4.79 Å². The number of carboxylic acids is 1. The summed E-state index contributed by atoms with van der Waals surface area (Å²) in [7, 11) is 0. The van der Waals surface area contributed by atoms with Crippen molar-refractivity contribution < 1.29 is 14.7 Å². The molecule has 1 aliphatic rings. The quantitative estimate of drug-likeness (QED) is 0.887. The first-order valence-electron chi connectivity index (χ1n) is 7.84. The Morgan fingerprint density at radius 3 is 2.17 bits per heavy atom. The fourth-order valence-electron chi connectivity index (χ4n) is 2.94. The van der Waals surface area contributed by atoms with Crippen LogP contribution in [0.25, 0.3) is 11.1 Å². The number of benzene rings is 2. The van der Waals surface area contributed by atoms with Crippen molar-refractivity contribution in [3.8, 4) is 11.1 Å². The van der Waals surface area contributed by atoms with E-state index in [1.54, 1.807) is 42.5 Å². The lowest BCUT2D eigenvalue weighted by molar-refractivity contribution is 0.0697. The van der Waals surface area contributed by atoms with Crippen LogP contribution in [0.5, 0.6) is 0 Å². The van der Waals surface area contributed by atoms with Crippen molar-refractivity contribution in [2.45, 2.75) is 25.8 Å². The molecule has 1 saturated carbocycles. The zero-order valence-corrected chi connectivity index (χ0v) is 13.0. The molecule has 23 heavy (non-hydrogen) atoms. The Kier molecular flexibility index (Phi) is 4.15. The minimum Gasteiger partial charge on any atom is -0.478 e. The highest BCUT2D eigenvalue weighted by Crippen LogP contribution is 2.34. The van der Waals surface area contributed by atoms with E-state index < -0.39 is 5.97 Å². The number of rotatable bonds is 5. The predicted octanol–water partition coefficient (Wildman–Crippen LogP) is 3.58. The summed E-state index contributed by atoms with van der Waals surface area (Å²) in [4.78, 5) is 24.0. The van der Waals surface area contributed by atoms with Crippen molar-refractivity contribution in [1.82, 2.24) is 5.32 Å². The van der Waals surface area contributed by atoms with Gasteiger partial charge in [0.25, 0.3) is 5.91 Å². The molecule has 1 aliphatic carbocycles. The number of hydrogen-bond acceptors (Lipinski definition) is 2. The number of amides is 1. The summed E-state index contributed by atoms with van der Waals surface area (Å²) >= 11 is 0. The molecule has 2 aromatic rings. The second-order valence-corrected chi connectivity index (χ2v) is 5.88. The summed E-state index contributed by atoms with van der Waals surface area (Å²) in [5.41, 5.74) is 1.93. The maximum atomic E-state index is 12.6. The Bertz CT molecular complexity index is 754. The zero-order valence-electron chi connectivity index (χ0n) is 13.0. The van der Waals surface area contributed by atoms with Gasteiger partial charge in [0.15, 0.2) is 0 Å². The molecule has 2 atom stereocenters. The maximum absolute atomic E-state index is 12.6. The number of carbonyl (C=O) groups excluding carboxylic acids is 1. The van der Waals surface area contributed by atoms with Crippen molar-refractivity contribution in [2.24, 2.45) is 5.92 Å². The first kappa shape index (κ1) is 15.3. The van der Waals surface area contributed by atoms with Gasteiger partial charge in [0, 0.05) is 11.6 Å². The third-order valence-corrected chi connectivity index (χ3v) is 4.38. The molecule has 0 unspecified atom stereocenters. The van der Waals surface area contributed by atoms with Crippen molar-refractivity contribution in [3.05, 3.63) is 59.7 Å². The van der Waals surface area contributed by atoms with Gasteiger partial charge in [-0.3, -0.25) is 4.79 Å². The molecule has 0 saturated heterocycles. The van der Waals surface area contributed by atoms with Crippen LogP contribution < -0.4 is 5.32 Å². The highest BCUT2D eigenvalue weighted by atomic mass is 16.4. The molecule has 118 valence electrons. The monoisotopic (exact) mass is 309 g/mol. The van der Waals surface area contributed by atoms with E-state index in [0.717, 1.165) is 12.8 Å². The van der Waals surface area contributed by atoms with Crippen LogP contribution in [0.3, 0.4) is 0 Å². The molecular weight excluding hydrogens is 290 g/mol. The molecule has 0 radical (unpaired) electrons. The van der Waals surface area contributed by atoms with Crippen LogP contribution in [-0.2, 0) is 0 Å². The average Bonchev–Trinajstić information content (AvgIpc) is 3.33. The Morgan fingerprint density at radius 1 is 1.04 bits per heavy atom. The number of carbonyl (C=O) groups is 2. The van der Waals surface area contributed by atoms with E-state index in [4.69, 9.17) is 0 Å². The third-order valence-electron chi connectivity index (χ3n) is 4.38. The molecule has 1 fully saturated rings. The molecule has 4 heteroatoms. The average molecular weight is 309 g/mol. The van der Waals surface area contributed by atoms with Crippen LogP contribution in [0.2, 0.25) is 0 Å². The molecule has 0 heterocycles. The van der Waals surface area contributed by atoms with Crippen LogP contribution in [0.15, 0.2) is 48.5 Å². The SMILES string of the molecule is CC[C@@H]1C[C@H]1NC(=O)c1ccccc1-c1ccccc1C(=O)O. The Balaban J connectivity index is 1.95. The van der Waals surface area contributed by atoms with Crippen LogP contribution in [0, 0.1) is 5.92 Å². The molecule has 2 aromatic carbocycles. The first-order valence-corrected chi connectivity index (χ1v) is 7.84. The molecule has 0 aliphatic heterocycles. The van der Waals surface area contributed by atoms with Crippen molar-refractivity contribution in [1.29, 1.82) is 0 Å². The predicted molar refractivity (Wildman–Crippen MR) is 88.5 cm³/mol. The minimum atomic E-state index is -0.996. The lowest BCUT2D eigenvalue weighted by atomic mass is 9.95. The van der Waals surface area contributed by atoms with E-state index >= 15 is 0 Å². The van der Waals surface area contributed by atoms with E-state index in [0.29, 0.717) is 22.6 Å². The molecule has 4 nitrogen and oxygen atoms in total. The second-order valence-electron chi connectivity index (χ2n) is 5.88. The van der Waals surface area contributed by atoms with Crippen molar-refractivity contribution in [2.75, 3.05) is 0 Å². The Hall–Kier alpha value is -2.62. The summed E-state index contributed by atoms with van der Waals surface area (Å²) in [5.74, 6) is -0.566. The number of aromatic carboxylic acids is 1. The van der Waals surface area contributed by atoms with Gasteiger partial charge in [0.05, 0.1) is 5.56 Å². The van der Waals surface area contributed by atoms with Crippen LogP contribution >= 0.6 is 0 Å². The van der Waals surface area contributed by atoms with Gasteiger partial charge in [0.2, 0.25) is 0 Å². The first-order chi connectivity index (χ1) is 11.1. The molecule has 0 spiro atoms. The third kappa shape index (κ3) is 3.11. The second kappa shape index (κ2) is 6.24. The highest BCUT2D eigenvalue weighted by molar-refractivity contribution is 6.04. The Labute approximate surface area is 135 Å². The summed E-state index contributed by atoms with van der Waals surface area (Å²) in [6.45, 7) is 2.12. The lowest BCUT2D eigenvalue weighted by Gasteiger charge is -2.12. The fraction of sp³-hybridized carbons (Fsp3) is 0.263. The van der Waals surface area contributed by atoms with Gasteiger partial charge >= 0.3 is 5.97 Å². The molecule has 2 N–H and O–H groups in total. The molecule has 0 bridgehead atoms. The van der Waals surface area contributed by atoms with Crippen LogP contribution in [0.4, 0.5) is 0 Å². The van der Waals surface area contributed by atoms with E-state index in [9.17, 15) is 14.7 Å². The zero-order chi connectivity index (χ0) is 16.4. The summed E-state index contributed by atoms with van der Waals surface area (Å²) < 4.78 is 0. The van der Waals surface area contributed by atoms with E-state index in [1.165, 1.54) is 0 Å². The molecule has 3 rings (SSSR count). The van der Waals surface area contributed by atoms with E-state index in [2.05, 4.69) is 12.2 Å². The topological polar surface area (TPSA) is 66.4 Å². The van der Waals surface area contributed by atoms with Crippen molar-refractivity contribution >= 4 is 11.9 Å². The molecular formula is C19H19NO3. The van der Waals surface area contributed by atoms with Crippen LogP contribution in [-0.4, -0.2) is 23.0 Å². The lowest BCUT2D eigenvalue weighted by Crippen LogP contribution is -2.27. The largest absolute Gasteiger partial charge is 0.478 e. The number of carboxylic acid groups (broad SMARTS) is 1. The molecule has 1 amide bonds. The van der Waals surface area contributed by atoms with E-state index in [-0.39, 0.29) is 17.5 Å². The van der Waals surface area contributed by atoms with Gasteiger partial charge < -0.3 is 10.4 Å². The van der Waals surface area contributed by atoms with Gasteiger partial charge in [0.1, 0.15) is 0 Å². The smallest absolute Gasteiger partial charge is 0.336 e. The maximum Gasteiger partial charge on any atom is 0.336 e. The highest BCUT2D eigenvalue weighted by Gasteiger charge is 2.36. The normalized spacial score (nSPS) is 19.2. The van der Waals surface area contributed by atoms with Gasteiger partial charge in [-0.1, -0.05) is 49.7 Å². The van der Waals surface area contributed by atoms with Crippen LogP contribution in [0.1, 0.15) is 40.5 Å². The van der Waals surface area contributed by atoms with Crippen molar-refractivity contribution in [3.63, 3.8) is 0 Å². The van der Waals surface area contributed by atoms with Gasteiger partial charge in [-0.05, 0) is 35.6 Å². The number of hydrogen-bond donors (Lipinski definition) is 2. The summed E-state index contributed by atoms with van der Waals surface area (Å²) in [6.07, 6.45) is 2.09. The van der Waals surface area contributed by atoms with E-state index in [1.807, 2.05) is 6.07 Å². The molecule has 0 aromatic heterocycles. The summed E-state index contributed by atoms with van der Waals surface area (Å²) in [6, 6.07) is 14.2. The Morgan fingerprint density at radius 2 is 1.61 bits per heavy atom. The van der Waals surface area contributed by atoms with Gasteiger partial charge in [-0.2, -0.15) is 0 Å². The fourth-order valence-corrected chi connectivity index (χ4v) is 2.94. The summed E-state index contributed by atoms with van der Waals surface area (Å²) in [5, 5.41) is 12.4. The number of nitrogens with one attached hydrogen (secondary N) is 1. The van der Waals surface area contributed by atoms with Gasteiger partial charge in [-0.15, -0.1) is 0 Å².